The Morgan fingerprint density at radius 2 is 1.93 bits per heavy atom. The van der Waals surface area contributed by atoms with Gasteiger partial charge in [-0.15, -0.1) is 11.8 Å². The summed E-state index contributed by atoms with van der Waals surface area (Å²) in [6.07, 6.45) is -0.490. The Hall–Kier alpha value is -2.25. The number of hydrogen-bond donors (Lipinski definition) is 1. The molecule has 0 fully saturated rings. The van der Waals surface area contributed by atoms with E-state index < -0.39 is 11.7 Å². The lowest BCUT2D eigenvalue weighted by Crippen LogP contribution is -2.27. The van der Waals surface area contributed by atoms with E-state index in [9.17, 15) is 4.79 Å². The Morgan fingerprint density at radius 3 is 2.59 bits per heavy atom. The highest BCUT2D eigenvalue weighted by Gasteiger charge is 2.17. The maximum Gasteiger partial charge on any atom is 0.413 e. The molecule has 142 valence electrons. The Labute approximate surface area is 167 Å². The van der Waals surface area contributed by atoms with Gasteiger partial charge in [-0.1, -0.05) is 23.5 Å². The molecule has 1 amide bonds. The molecule has 1 N–H and O–H groups in total. The summed E-state index contributed by atoms with van der Waals surface area (Å²) >= 11 is 3.20. The molecule has 0 bridgehead atoms. The van der Waals surface area contributed by atoms with Crippen LogP contribution in [0.1, 0.15) is 26.3 Å². The minimum absolute atomic E-state index is 0.490. The number of nitrogens with one attached hydrogen (secondary N) is 1. The predicted molar refractivity (Wildman–Crippen MR) is 112 cm³/mol. The predicted octanol–water partition coefficient (Wildman–Crippen LogP) is 5.94. The zero-order valence-electron chi connectivity index (χ0n) is 15.7. The van der Waals surface area contributed by atoms with Crippen molar-refractivity contribution in [1.29, 1.82) is 0 Å². The summed E-state index contributed by atoms with van der Waals surface area (Å²) in [5.74, 6) is 1.73. The average molecular weight is 403 g/mol. The lowest BCUT2D eigenvalue weighted by atomic mass is 10.2. The number of nitrogens with zero attached hydrogens (tertiary/aromatic N) is 1. The van der Waals surface area contributed by atoms with E-state index in [2.05, 4.69) is 28.5 Å². The molecule has 7 heteroatoms. The lowest BCUT2D eigenvalue weighted by Gasteiger charge is -2.18. The summed E-state index contributed by atoms with van der Waals surface area (Å²) in [5, 5.41) is 3.24. The Kier molecular flexibility index (Phi) is 5.92. The smallest absolute Gasteiger partial charge is 0.413 e. The molecule has 0 aliphatic heterocycles. The van der Waals surface area contributed by atoms with Gasteiger partial charge >= 0.3 is 6.09 Å². The summed E-state index contributed by atoms with van der Waals surface area (Å²) in [6, 6.07) is 14.2. The van der Waals surface area contributed by atoms with Gasteiger partial charge in [0.15, 0.2) is 5.13 Å². The number of methoxy groups -OCH3 is 1. The van der Waals surface area contributed by atoms with Crippen molar-refractivity contribution in [3.8, 4) is 5.75 Å². The Balaban J connectivity index is 1.65. The molecular weight excluding hydrogens is 380 g/mol. The fourth-order valence-corrected chi connectivity index (χ4v) is 4.18. The van der Waals surface area contributed by atoms with Crippen LogP contribution >= 0.6 is 23.1 Å². The number of fused-ring (bicyclic) bond motifs is 1. The number of ether oxygens (including phenoxy) is 2. The molecule has 2 aromatic carbocycles. The van der Waals surface area contributed by atoms with Crippen molar-refractivity contribution in [2.24, 2.45) is 0 Å². The number of thiazole rings is 1. The number of amides is 1. The maximum absolute atomic E-state index is 11.9. The van der Waals surface area contributed by atoms with Gasteiger partial charge in [-0.25, -0.2) is 9.78 Å². The third kappa shape index (κ3) is 5.61. The van der Waals surface area contributed by atoms with E-state index >= 15 is 0 Å². The van der Waals surface area contributed by atoms with Gasteiger partial charge < -0.3 is 9.47 Å². The fraction of sp³-hybridized carbons (Fsp3) is 0.300. The third-order valence-electron chi connectivity index (χ3n) is 3.53. The van der Waals surface area contributed by atoms with Crippen LogP contribution in [0.4, 0.5) is 9.93 Å². The van der Waals surface area contributed by atoms with E-state index in [1.54, 1.807) is 18.9 Å². The molecule has 5 nitrogen and oxygen atoms in total. The van der Waals surface area contributed by atoms with Gasteiger partial charge in [0.05, 0.1) is 17.3 Å². The number of thioether (sulfide) groups is 1. The first kappa shape index (κ1) is 19.5. The number of benzene rings is 2. The summed E-state index contributed by atoms with van der Waals surface area (Å²) < 4.78 is 11.5. The normalized spacial score (nSPS) is 11.4. The van der Waals surface area contributed by atoms with E-state index in [0.717, 1.165) is 26.6 Å². The van der Waals surface area contributed by atoms with Crippen molar-refractivity contribution >= 4 is 44.5 Å². The van der Waals surface area contributed by atoms with E-state index in [-0.39, 0.29) is 0 Å². The number of hydrogen-bond acceptors (Lipinski definition) is 6. The third-order valence-corrected chi connectivity index (χ3v) is 5.53. The quantitative estimate of drug-likeness (QED) is 0.535. The van der Waals surface area contributed by atoms with Crippen molar-refractivity contribution in [2.75, 3.05) is 12.4 Å². The molecule has 1 heterocycles. The van der Waals surface area contributed by atoms with Crippen LogP contribution < -0.4 is 10.1 Å². The topological polar surface area (TPSA) is 60.5 Å². The zero-order valence-corrected chi connectivity index (χ0v) is 17.4. The lowest BCUT2D eigenvalue weighted by molar-refractivity contribution is 0.0636. The number of anilines is 1. The van der Waals surface area contributed by atoms with Gasteiger partial charge in [-0.3, -0.25) is 5.32 Å². The first-order valence-corrected chi connectivity index (χ1v) is 10.3. The average Bonchev–Trinajstić information content (AvgIpc) is 2.99. The van der Waals surface area contributed by atoms with E-state index in [1.165, 1.54) is 16.9 Å². The number of rotatable bonds is 5. The van der Waals surface area contributed by atoms with E-state index in [1.807, 2.05) is 45.0 Å². The van der Waals surface area contributed by atoms with Crippen LogP contribution in [0.5, 0.6) is 5.75 Å². The molecule has 0 saturated heterocycles. The molecule has 0 aliphatic carbocycles. The van der Waals surface area contributed by atoms with Crippen LogP contribution in [0.3, 0.4) is 0 Å². The number of aromatic nitrogens is 1. The molecule has 0 radical (unpaired) electrons. The molecule has 27 heavy (non-hydrogen) atoms. The van der Waals surface area contributed by atoms with Crippen molar-refractivity contribution in [3.05, 3.63) is 48.0 Å². The first-order valence-electron chi connectivity index (χ1n) is 8.49. The summed E-state index contributed by atoms with van der Waals surface area (Å²) in [6.45, 7) is 5.49. The van der Waals surface area contributed by atoms with Gasteiger partial charge in [-0.2, -0.15) is 0 Å². The van der Waals surface area contributed by atoms with E-state index in [0.29, 0.717) is 5.13 Å². The maximum atomic E-state index is 11.9. The van der Waals surface area contributed by atoms with Gasteiger partial charge in [0.2, 0.25) is 0 Å². The highest BCUT2D eigenvalue weighted by molar-refractivity contribution is 7.98. The van der Waals surface area contributed by atoms with E-state index in [4.69, 9.17) is 9.47 Å². The van der Waals surface area contributed by atoms with Crippen molar-refractivity contribution < 1.29 is 14.3 Å². The summed E-state index contributed by atoms with van der Waals surface area (Å²) in [5.41, 5.74) is 1.56. The highest BCUT2D eigenvalue weighted by atomic mass is 32.2. The van der Waals surface area contributed by atoms with Crippen LogP contribution in [-0.2, 0) is 10.5 Å². The molecular formula is C20H22N2O3S2. The Bertz CT molecular complexity index is 931. The monoisotopic (exact) mass is 402 g/mol. The second-order valence-electron chi connectivity index (χ2n) is 6.91. The molecule has 0 aliphatic rings. The minimum atomic E-state index is -0.536. The largest absolute Gasteiger partial charge is 0.497 e. The second kappa shape index (κ2) is 8.19. The van der Waals surface area contributed by atoms with Crippen molar-refractivity contribution in [3.63, 3.8) is 0 Å². The zero-order chi connectivity index (χ0) is 19.4. The molecule has 1 aromatic heterocycles. The molecule has 3 rings (SSSR count). The molecule has 0 saturated carbocycles. The number of carbonyl (C=O) groups excluding carboxylic acids is 1. The summed E-state index contributed by atoms with van der Waals surface area (Å²) in [7, 11) is 1.67. The number of carbonyl (C=O) groups is 1. The first-order chi connectivity index (χ1) is 12.8. The fourth-order valence-electron chi connectivity index (χ4n) is 2.33. The van der Waals surface area contributed by atoms with Gasteiger partial charge in [0.1, 0.15) is 11.4 Å². The second-order valence-corrected chi connectivity index (χ2v) is 8.99. The van der Waals surface area contributed by atoms with Crippen LogP contribution in [0.25, 0.3) is 10.2 Å². The van der Waals surface area contributed by atoms with Crippen molar-refractivity contribution in [2.45, 2.75) is 37.0 Å². The van der Waals surface area contributed by atoms with Crippen LogP contribution in [0.15, 0.2) is 47.4 Å². The summed E-state index contributed by atoms with van der Waals surface area (Å²) in [4.78, 5) is 17.5. The van der Waals surface area contributed by atoms with Crippen molar-refractivity contribution in [1.82, 2.24) is 4.98 Å². The van der Waals surface area contributed by atoms with Gasteiger partial charge in [0.25, 0.3) is 0 Å². The van der Waals surface area contributed by atoms with Crippen LogP contribution in [0.2, 0.25) is 0 Å². The highest BCUT2D eigenvalue weighted by Crippen LogP contribution is 2.32. The molecule has 3 aromatic rings. The van der Waals surface area contributed by atoms with Crippen LogP contribution in [-0.4, -0.2) is 23.8 Å². The van der Waals surface area contributed by atoms with Crippen LogP contribution in [0, 0.1) is 0 Å². The molecule has 0 atom stereocenters. The van der Waals surface area contributed by atoms with Gasteiger partial charge in [0, 0.05) is 10.6 Å². The minimum Gasteiger partial charge on any atom is -0.497 e. The molecule has 0 unspecified atom stereocenters. The molecule has 0 spiro atoms. The standard InChI is InChI=1S/C20H22N2O3S2/c1-20(2,3)25-19(23)22-18-21-16-10-9-15(11-17(16)27-18)26-12-13-5-7-14(24-4)8-6-13/h5-11H,12H2,1-4H3,(H,21,22,23). The Morgan fingerprint density at radius 1 is 1.19 bits per heavy atom. The SMILES string of the molecule is COc1ccc(CSc2ccc3nc(NC(=O)OC(C)(C)C)sc3c2)cc1. The van der Waals surface area contributed by atoms with Gasteiger partial charge in [-0.05, 0) is 56.7 Å².